The summed E-state index contributed by atoms with van der Waals surface area (Å²) in [6.07, 6.45) is 1.87. The minimum absolute atomic E-state index is 0.0283. The van der Waals surface area contributed by atoms with Crippen LogP contribution in [0.3, 0.4) is 0 Å². The van der Waals surface area contributed by atoms with Gasteiger partial charge in [0.05, 0.1) is 44.2 Å². The summed E-state index contributed by atoms with van der Waals surface area (Å²) >= 11 is 1.45. The van der Waals surface area contributed by atoms with Crippen molar-refractivity contribution in [3.63, 3.8) is 0 Å². The molecule has 0 aliphatic carbocycles. The van der Waals surface area contributed by atoms with Gasteiger partial charge in [-0.25, -0.2) is 4.98 Å². The highest BCUT2D eigenvalue weighted by Crippen LogP contribution is 2.36. The van der Waals surface area contributed by atoms with E-state index >= 15 is 0 Å². The Bertz CT molecular complexity index is 1050. The van der Waals surface area contributed by atoms with Gasteiger partial charge in [-0.3, -0.25) is 9.69 Å². The molecule has 30 heavy (non-hydrogen) atoms. The number of fused-ring (bicyclic) bond motifs is 1. The molecule has 0 spiro atoms. The van der Waals surface area contributed by atoms with Gasteiger partial charge in [0, 0.05) is 6.61 Å². The minimum Gasteiger partial charge on any atom is -0.497 e. The van der Waals surface area contributed by atoms with Gasteiger partial charge in [-0.05, 0) is 43.2 Å². The lowest BCUT2D eigenvalue weighted by Gasteiger charge is -2.24. The van der Waals surface area contributed by atoms with E-state index in [1.807, 2.05) is 18.2 Å². The quantitative estimate of drug-likeness (QED) is 0.563. The number of ether oxygens (including phenoxy) is 4. The summed E-state index contributed by atoms with van der Waals surface area (Å²) in [6.45, 7) is 1.13. The van der Waals surface area contributed by atoms with Crippen LogP contribution in [0.5, 0.6) is 17.2 Å². The van der Waals surface area contributed by atoms with Crippen LogP contribution < -0.4 is 19.1 Å². The molecule has 8 heteroatoms. The lowest BCUT2D eigenvalue weighted by molar-refractivity contribution is 0.0914. The molecule has 4 rings (SSSR count). The number of hydrogen-bond donors (Lipinski definition) is 0. The maximum Gasteiger partial charge on any atom is 0.264 e. The number of methoxy groups -OCH3 is 3. The fraction of sp³-hybridized carbons (Fsp3) is 0.364. The summed E-state index contributed by atoms with van der Waals surface area (Å²) in [5.74, 6) is 1.54. The topological polar surface area (TPSA) is 70.1 Å². The molecule has 0 radical (unpaired) electrons. The molecular formula is C22H24N2O5S. The first kappa shape index (κ1) is 20.4. The van der Waals surface area contributed by atoms with Crippen molar-refractivity contribution in [3.05, 3.63) is 42.0 Å². The largest absolute Gasteiger partial charge is 0.497 e. The van der Waals surface area contributed by atoms with Gasteiger partial charge in [0.15, 0.2) is 5.13 Å². The summed E-state index contributed by atoms with van der Waals surface area (Å²) < 4.78 is 23.0. The smallest absolute Gasteiger partial charge is 0.264 e. The van der Waals surface area contributed by atoms with Crippen LogP contribution in [0.1, 0.15) is 23.2 Å². The highest BCUT2D eigenvalue weighted by Gasteiger charge is 2.29. The first-order chi connectivity index (χ1) is 14.6. The number of amides is 1. The number of thiazole rings is 1. The Kier molecular flexibility index (Phi) is 6.06. The Morgan fingerprint density at radius 3 is 2.70 bits per heavy atom. The summed E-state index contributed by atoms with van der Waals surface area (Å²) in [4.78, 5) is 20.1. The Morgan fingerprint density at radius 2 is 2.00 bits per heavy atom. The third kappa shape index (κ3) is 3.93. The molecule has 3 aromatic rings. The number of rotatable bonds is 7. The van der Waals surface area contributed by atoms with Gasteiger partial charge < -0.3 is 18.9 Å². The van der Waals surface area contributed by atoms with E-state index in [4.69, 9.17) is 23.9 Å². The number of nitrogens with zero attached hydrogens (tertiary/aromatic N) is 2. The van der Waals surface area contributed by atoms with Crippen LogP contribution >= 0.6 is 11.3 Å². The second kappa shape index (κ2) is 8.89. The monoisotopic (exact) mass is 428 g/mol. The third-order valence-corrected chi connectivity index (χ3v) is 6.16. The molecule has 1 aliphatic heterocycles. The van der Waals surface area contributed by atoms with E-state index < -0.39 is 0 Å². The number of benzene rings is 2. The first-order valence-electron chi connectivity index (χ1n) is 9.73. The molecule has 158 valence electrons. The molecule has 2 heterocycles. The van der Waals surface area contributed by atoms with Crippen molar-refractivity contribution in [2.45, 2.75) is 18.9 Å². The van der Waals surface area contributed by atoms with Gasteiger partial charge >= 0.3 is 0 Å². The molecule has 0 saturated carbocycles. The lowest BCUT2D eigenvalue weighted by Crippen LogP contribution is -2.37. The molecule has 0 bridgehead atoms. The van der Waals surface area contributed by atoms with Crippen molar-refractivity contribution in [1.82, 2.24) is 4.98 Å². The van der Waals surface area contributed by atoms with E-state index in [2.05, 4.69) is 0 Å². The normalized spacial score (nSPS) is 15.9. The zero-order valence-electron chi connectivity index (χ0n) is 17.2. The SMILES string of the molecule is COc1ccc(OC)c(C(=O)N(CC2CCCO2)c2nc3c(OC)cccc3s2)c1. The van der Waals surface area contributed by atoms with Crippen LogP contribution in [0.15, 0.2) is 36.4 Å². The Labute approximate surface area is 179 Å². The molecule has 7 nitrogen and oxygen atoms in total. The fourth-order valence-electron chi connectivity index (χ4n) is 3.56. The number of hydrogen-bond acceptors (Lipinski definition) is 7. The lowest BCUT2D eigenvalue weighted by atomic mass is 10.1. The van der Waals surface area contributed by atoms with Crippen LogP contribution in [0.4, 0.5) is 5.13 Å². The van der Waals surface area contributed by atoms with Crippen molar-refractivity contribution in [1.29, 1.82) is 0 Å². The molecule has 2 aromatic carbocycles. The molecule has 1 aromatic heterocycles. The number of anilines is 1. The molecule has 1 amide bonds. The van der Waals surface area contributed by atoms with Crippen LogP contribution in [0, 0.1) is 0 Å². The minimum atomic E-state index is -0.209. The Balaban J connectivity index is 1.78. The zero-order valence-corrected chi connectivity index (χ0v) is 18.0. The molecular weight excluding hydrogens is 404 g/mol. The van der Waals surface area contributed by atoms with Gasteiger partial charge in [0.25, 0.3) is 5.91 Å². The van der Waals surface area contributed by atoms with E-state index in [1.165, 1.54) is 11.3 Å². The van der Waals surface area contributed by atoms with Crippen LogP contribution in [0.25, 0.3) is 10.2 Å². The predicted octanol–water partition coefficient (Wildman–Crippen LogP) is 4.15. The van der Waals surface area contributed by atoms with Crippen molar-refractivity contribution in [2.75, 3.05) is 39.4 Å². The number of para-hydroxylation sites is 1. The van der Waals surface area contributed by atoms with Gasteiger partial charge in [0.1, 0.15) is 22.8 Å². The van der Waals surface area contributed by atoms with E-state index in [-0.39, 0.29) is 12.0 Å². The van der Waals surface area contributed by atoms with Crippen molar-refractivity contribution < 1.29 is 23.7 Å². The van der Waals surface area contributed by atoms with Crippen LogP contribution in [-0.2, 0) is 4.74 Å². The number of carbonyl (C=O) groups excluding carboxylic acids is 1. The van der Waals surface area contributed by atoms with Gasteiger partial charge in [-0.1, -0.05) is 17.4 Å². The molecule has 1 aliphatic rings. The molecule has 0 N–H and O–H groups in total. The summed E-state index contributed by atoms with van der Waals surface area (Å²) in [7, 11) is 4.73. The van der Waals surface area contributed by atoms with Gasteiger partial charge in [-0.15, -0.1) is 0 Å². The van der Waals surface area contributed by atoms with E-state index in [9.17, 15) is 4.79 Å². The van der Waals surface area contributed by atoms with Crippen molar-refractivity contribution in [3.8, 4) is 17.2 Å². The summed E-state index contributed by atoms with van der Waals surface area (Å²) in [5.41, 5.74) is 1.16. The highest BCUT2D eigenvalue weighted by molar-refractivity contribution is 7.22. The van der Waals surface area contributed by atoms with Crippen molar-refractivity contribution in [2.24, 2.45) is 0 Å². The zero-order chi connectivity index (χ0) is 21.1. The number of carbonyl (C=O) groups is 1. The summed E-state index contributed by atoms with van der Waals surface area (Å²) in [5, 5.41) is 0.597. The highest BCUT2D eigenvalue weighted by atomic mass is 32.1. The third-order valence-electron chi connectivity index (χ3n) is 5.11. The summed E-state index contributed by atoms with van der Waals surface area (Å²) in [6, 6.07) is 10.9. The van der Waals surface area contributed by atoms with Crippen LogP contribution in [0.2, 0.25) is 0 Å². The van der Waals surface area contributed by atoms with E-state index in [0.717, 1.165) is 23.1 Å². The maximum absolute atomic E-state index is 13.7. The fourth-order valence-corrected chi connectivity index (χ4v) is 4.55. The second-order valence-electron chi connectivity index (χ2n) is 6.92. The average molecular weight is 429 g/mol. The molecule has 1 saturated heterocycles. The average Bonchev–Trinajstić information content (AvgIpc) is 3.45. The first-order valence-corrected chi connectivity index (χ1v) is 10.5. The second-order valence-corrected chi connectivity index (χ2v) is 7.93. The van der Waals surface area contributed by atoms with Crippen molar-refractivity contribution >= 4 is 32.6 Å². The predicted molar refractivity (Wildman–Crippen MR) is 116 cm³/mol. The van der Waals surface area contributed by atoms with E-state index in [0.29, 0.717) is 41.1 Å². The van der Waals surface area contributed by atoms with Crippen LogP contribution in [-0.4, -0.2) is 51.5 Å². The Morgan fingerprint density at radius 1 is 1.17 bits per heavy atom. The standard InChI is InChI=1S/C22H24N2O5S/c1-26-14-9-10-17(27-2)16(12-14)21(25)24(13-15-6-5-11-29-15)22-23-20-18(28-3)7-4-8-19(20)30-22/h4,7-10,12,15H,5-6,11,13H2,1-3H3. The van der Waals surface area contributed by atoms with Gasteiger partial charge in [0.2, 0.25) is 0 Å². The maximum atomic E-state index is 13.7. The molecule has 1 fully saturated rings. The molecule has 1 atom stereocenters. The molecule has 1 unspecified atom stereocenters. The van der Waals surface area contributed by atoms with Gasteiger partial charge in [-0.2, -0.15) is 0 Å². The Hall–Kier alpha value is -2.84. The number of aromatic nitrogens is 1. The van der Waals surface area contributed by atoms with E-state index in [1.54, 1.807) is 44.4 Å².